The highest BCUT2D eigenvalue weighted by Gasteiger charge is 2.18. The lowest BCUT2D eigenvalue weighted by Crippen LogP contribution is -2.43. The van der Waals surface area contributed by atoms with E-state index in [0.29, 0.717) is 0 Å². The Bertz CT molecular complexity index is 1130. The number of aryl methyl sites for hydroxylation is 1. The highest BCUT2D eigenvalue weighted by atomic mass is 32.1. The lowest BCUT2D eigenvalue weighted by molar-refractivity contribution is 0.503. The average molecular weight is 392 g/mol. The van der Waals surface area contributed by atoms with E-state index in [9.17, 15) is 0 Å². The van der Waals surface area contributed by atoms with Crippen LogP contribution in [0.1, 0.15) is 18.5 Å². The number of hydrogen-bond acceptors (Lipinski definition) is 7. The second-order valence-corrected chi connectivity index (χ2v) is 8.02. The van der Waals surface area contributed by atoms with Crippen molar-refractivity contribution < 1.29 is 0 Å². The largest absolute Gasteiger partial charge is 0.355 e. The fourth-order valence-electron chi connectivity index (χ4n) is 3.65. The summed E-state index contributed by atoms with van der Waals surface area (Å²) in [5.41, 5.74) is 9.03. The van der Waals surface area contributed by atoms with E-state index in [2.05, 4.69) is 31.5 Å². The maximum absolute atomic E-state index is 6.15. The fraction of sp³-hybridized carbons (Fsp3) is 0.300. The van der Waals surface area contributed by atoms with E-state index < -0.39 is 0 Å². The minimum Gasteiger partial charge on any atom is -0.355 e. The standard InChI is InChI=1S/C20H21N7S/c1-13-8-18(28-25-13)16-9-17-14(10-22-16)11-23-27(17)20-6-2-5-19(24-20)26-7-3-4-15(21)12-26/h2,5-6,8-11,15H,3-4,7,12,21H2,1H3. The van der Waals surface area contributed by atoms with Crippen molar-refractivity contribution in [3.63, 3.8) is 0 Å². The number of rotatable bonds is 3. The molecule has 0 saturated carbocycles. The van der Waals surface area contributed by atoms with E-state index in [1.807, 2.05) is 42.2 Å². The van der Waals surface area contributed by atoms with Crippen molar-refractivity contribution in [2.24, 2.45) is 5.73 Å². The number of aromatic nitrogens is 5. The summed E-state index contributed by atoms with van der Waals surface area (Å²) in [5.74, 6) is 1.74. The Balaban J connectivity index is 1.55. The summed E-state index contributed by atoms with van der Waals surface area (Å²) in [6.45, 7) is 3.82. The Morgan fingerprint density at radius 3 is 2.89 bits per heavy atom. The molecule has 0 bridgehead atoms. The molecule has 0 spiro atoms. The van der Waals surface area contributed by atoms with Crippen molar-refractivity contribution in [2.45, 2.75) is 25.8 Å². The van der Waals surface area contributed by atoms with Gasteiger partial charge in [-0.2, -0.15) is 9.47 Å². The molecule has 8 heteroatoms. The smallest absolute Gasteiger partial charge is 0.156 e. The van der Waals surface area contributed by atoms with Crippen LogP contribution in [0.2, 0.25) is 0 Å². The molecule has 0 aromatic carbocycles. The van der Waals surface area contributed by atoms with E-state index in [-0.39, 0.29) is 6.04 Å². The van der Waals surface area contributed by atoms with Crippen molar-refractivity contribution >= 4 is 28.3 Å². The van der Waals surface area contributed by atoms with Gasteiger partial charge in [0, 0.05) is 30.7 Å². The van der Waals surface area contributed by atoms with E-state index >= 15 is 0 Å². The maximum atomic E-state index is 6.15. The number of hydrogen-bond donors (Lipinski definition) is 1. The predicted octanol–water partition coefficient (Wildman–Crippen LogP) is 3.17. The molecule has 4 aromatic heterocycles. The lowest BCUT2D eigenvalue weighted by Gasteiger charge is -2.31. The van der Waals surface area contributed by atoms with Gasteiger partial charge in [0.05, 0.1) is 28.0 Å². The van der Waals surface area contributed by atoms with Gasteiger partial charge in [0.25, 0.3) is 0 Å². The summed E-state index contributed by atoms with van der Waals surface area (Å²) >= 11 is 1.46. The van der Waals surface area contributed by atoms with Crippen LogP contribution < -0.4 is 10.6 Å². The Morgan fingerprint density at radius 1 is 1.18 bits per heavy atom. The molecule has 1 unspecified atom stereocenters. The van der Waals surface area contributed by atoms with Crippen LogP contribution in [0.4, 0.5) is 5.82 Å². The van der Waals surface area contributed by atoms with Crippen LogP contribution in [-0.2, 0) is 0 Å². The van der Waals surface area contributed by atoms with Gasteiger partial charge < -0.3 is 10.6 Å². The van der Waals surface area contributed by atoms with E-state index in [0.717, 1.165) is 64.7 Å². The number of pyridine rings is 2. The molecule has 142 valence electrons. The first-order valence-electron chi connectivity index (χ1n) is 9.43. The van der Waals surface area contributed by atoms with Crippen LogP contribution >= 0.6 is 11.5 Å². The van der Waals surface area contributed by atoms with Crippen molar-refractivity contribution in [1.29, 1.82) is 0 Å². The molecule has 28 heavy (non-hydrogen) atoms. The second-order valence-electron chi connectivity index (χ2n) is 7.22. The van der Waals surface area contributed by atoms with Crippen LogP contribution in [0.3, 0.4) is 0 Å². The van der Waals surface area contributed by atoms with Gasteiger partial charge in [-0.05, 0) is 55.6 Å². The molecule has 0 aliphatic carbocycles. The molecule has 1 saturated heterocycles. The van der Waals surface area contributed by atoms with Gasteiger partial charge in [-0.1, -0.05) is 6.07 Å². The van der Waals surface area contributed by atoms with Crippen LogP contribution in [-0.4, -0.2) is 43.3 Å². The Hall–Kier alpha value is -2.84. The third-order valence-electron chi connectivity index (χ3n) is 5.05. The first-order chi connectivity index (χ1) is 13.7. The van der Waals surface area contributed by atoms with Crippen molar-refractivity contribution in [1.82, 2.24) is 24.1 Å². The number of anilines is 1. The zero-order chi connectivity index (χ0) is 19.1. The Kier molecular flexibility index (Phi) is 4.29. The molecule has 0 amide bonds. The van der Waals surface area contributed by atoms with Crippen molar-refractivity contribution in [3.8, 4) is 16.4 Å². The predicted molar refractivity (Wildman–Crippen MR) is 112 cm³/mol. The minimum absolute atomic E-state index is 0.209. The van der Waals surface area contributed by atoms with E-state index in [4.69, 9.17) is 10.7 Å². The van der Waals surface area contributed by atoms with Gasteiger partial charge in [-0.3, -0.25) is 4.98 Å². The highest BCUT2D eigenvalue weighted by molar-refractivity contribution is 7.09. The molecule has 5 heterocycles. The molecule has 0 radical (unpaired) electrons. The zero-order valence-corrected chi connectivity index (χ0v) is 16.4. The Labute approximate surface area is 167 Å². The molecule has 2 N–H and O–H groups in total. The SMILES string of the molecule is Cc1cc(-c2cc3c(cn2)cnn3-c2cccc(N3CCCC(N)C3)n2)sn1. The molecule has 1 aliphatic heterocycles. The first kappa shape index (κ1) is 17.3. The van der Waals surface area contributed by atoms with Crippen LogP contribution in [0.25, 0.3) is 27.3 Å². The third kappa shape index (κ3) is 3.14. The summed E-state index contributed by atoms with van der Waals surface area (Å²) in [7, 11) is 0. The van der Waals surface area contributed by atoms with Crippen molar-refractivity contribution in [3.05, 3.63) is 48.4 Å². The topological polar surface area (TPSA) is 85.8 Å². The first-order valence-corrected chi connectivity index (χ1v) is 10.2. The van der Waals surface area contributed by atoms with Gasteiger partial charge in [0.2, 0.25) is 0 Å². The molecule has 5 rings (SSSR count). The number of nitrogens with zero attached hydrogens (tertiary/aromatic N) is 6. The molecular weight excluding hydrogens is 370 g/mol. The summed E-state index contributed by atoms with van der Waals surface area (Å²) in [5, 5.41) is 5.55. The molecule has 1 aliphatic rings. The van der Waals surface area contributed by atoms with Gasteiger partial charge in [-0.15, -0.1) is 0 Å². The van der Waals surface area contributed by atoms with Gasteiger partial charge in [-0.25, -0.2) is 9.67 Å². The van der Waals surface area contributed by atoms with Crippen LogP contribution in [0.5, 0.6) is 0 Å². The van der Waals surface area contributed by atoms with E-state index in [1.165, 1.54) is 11.5 Å². The second kappa shape index (κ2) is 6.96. The normalized spacial score (nSPS) is 17.4. The molecule has 1 atom stereocenters. The Morgan fingerprint density at radius 2 is 2.07 bits per heavy atom. The maximum Gasteiger partial charge on any atom is 0.156 e. The lowest BCUT2D eigenvalue weighted by atomic mass is 10.1. The number of piperidine rings is 1. The fourth-order valence-corrected chi connectivity index (χ4v) is 4.37. The summed E-state index contributed by atoms with van der Waals surface area (Å²) in [6.07, 6.45) is 5.86. The molecular formula is C20H21N7S. The van der Waals surface area contributed by atoms with Gasteiger partial charge in [0.15, 0.2) is 5.82 Å². The van der Waals surface area contributed by atoms with Crippen molar-refractivity contribution in [2.75, 3.05) is 18.0 Å². The number of nitrogens with two attached hydrogens (primary N) is 1. The monoisotopic (exact) mass is 391 g/mol. The molecule has 1 fully saturated rings. The van der Waals surface area contributed by atoms with Crippen LogP contribution in [0, 0.1) is 6.92 Å². The van der Waals surface area contributed by atoms with Gasteiger partial charge in [0.1, 0.15) is 5.82 Å². The quantitative estimate of drug-likeness (QED) is 0.577. The highest BCUT2D eigenvalue weighted by Crippen LogP contribution is 2.27. The molecule has 7 nitrogen and oxygen atoms in total. The summed E-state index contributed by atoms with van der Waals surface area (Å²) in [6, 6.07) is 10.4. The van der Waals surface area contributed by atoms with Gasteiger partial charge >= 0.3 is 0 Å². The third-order valence-corrected chi connectivity index (χ3v) is 5.95. The average Bonchev–Trinajstić information content (AvgIpc) is 3.34. The van der Waals surface area contributed by atoms with Crippen LogP contribution in [0.15, 0.2) is 42.7 Å². The summed E-state index contributed by atoms with van der Waals surface area (Å²) < 4.78 is 6.24. The number of fused-ring (bicyclic) bond motifs is 1. The minimum atomic E-state index is 0.209. The molecule has 4 aromatic rings. The van der Waals surface area contributed by atoms with E-state index in [1.54, 1.807) is 0 Å². The summed E-state index contributed by atoms with van der Waals surface area (Å²) in [4.78, 5) is 12.8. The zero-order valence-electron chi connectivity index (χ0n) is 15.6.